The summed E-state index contributed by atoms with van der Waals surface area (Å²) < 4.78 is 16.6. The fraction of sp³-hybridized carbons (Fsp3) is 0.962. The van der Waals surface area contributed by atoms with Crippen LogP contribution in [-0.2, 0) is 19.0 Å². The number of nitrogens with one attached hydrogen (secondary N) is 1. The second-order valence-corrected chi connectivity index (χ2v) is 9.54. The molecular weight excluding hydrogens is 406 g/mol. The summed E-state index contributed by atoms with van der Waals surface area (Å²) in [6, 6.07) is -0.280. The third kappa shape index (κ3) is 15.2. The standard InChI is InChI=1S/C26H51NO5/c1-4-6-7-13-18-26(3,29)19-20-27-23(25(28)30-5-2)16-11-9-8-10-14-21-31-24-17-12-15-22-32-24/h23-24,27,29H,4-22H2,1-3H3. The van der Waals surface area contributed by atoms with Crippen molar-refractivity contribution in [3.8, 4) is 0 Å². The van der Waals surface area contributed by atoms with E-state index in [9.17, 15) is 9.90 Å². The zero-order valence-electron chi connectivity index (χ0n) is 21.2. The zero-order valence-corrected chi connectivity index (χ0v) is 21.2. The van der Waals surface area contributed by atoms with E-state index in [1.807, 2.05) is 13.8 Å². The van der Waals surface area contributed by atoms with Crippen LogP contribution in [0.15, 0.2) is 0 Å². The Kier molecular flexibility index (Phi) is 17.2. The molecule has 3 unspecified atom stereocenters. The summed E-state index contributed by atoms with van der Waals surface area (Å²) in [6.07, 6.45) is 15.8. The average Bonchev–Trinajstić information content (AvgIpc) is 2.78. The Bertz CT molecular complexity index is 451. The molecule has 6 heteroatoms. The van der Waals surface area contributed by atoms with Crippen molar-refractivity contribution in [3.05, 3.63) is 0 Å². The Hall–Kier alpha value is -0.690. The van der Waals surface area contributed by atoms with E-state index in [0.29, 0.717) is 19.6 Å². The van der Waals surface area contributed by atoms with Gasteiger partial charge in [-0.1, -0.05) is 58.3 Å². The van der Waals surface area contributed by atoms with Gasteiger partial charge in [0.2, 0.25) is 0 Å². The highest BCUT2D eigenvalue weighted by atomic mass is 16.7. The van der Waals surface area contributed by atoms with Gasteiger partial charge in [-0.05, 0) is 65.3 Å². The van der Waals surface area contributed by atoms with Crippen LogP contribution in [-0.4, -0.2) is 55.4 Å². The molecule has 1 fully saturated rings. The number of carbonyl (C=O) groups excluding carboxylic acids is 1. The maximum Gasteiger partial charge on any atom is 0.323 e. The van der Waals surface area contributed by atoms with E-state index in [4.69, 9.17) is 14.2 Å². The van der Waals surface area contributed by atoms with Crippen LogP contribution in [0.5, 0.6) is 0 Å². The van der Waals surface area contributed by atoms with Crippen LogP contribution >= 0.6 is 0 Å². The van der Waals surface area contributed by atoms with E-state index in [2.05, 4.69) is 12.2 Å². The number of unbranched alkanes of at least 4 members (excludes halogenated alkanes) is 7. The monoisotopic (exact) mass is 457 g/mol. The first-order valence-corrected chi connectivity index (χ1v) is 13.3. The summed E-state index contributed by atoms with van der Waals surface area (Å²) in [5.41, 5.74) is -0.676. The van der Waals surface area contributed by atoms with Gasteiger partial charge < -0.3 is 24.6 Å². The van der Waals surface area contributed by atoms with Gasteiger partial charge in [0.1, 0.15) is 6.04 Å². The minimum atomic E-state index is -0.676. The van der Waals surface area contributed by atoms with Gasteiger partial charge in [-0.2, -0.15) is 0 Å². The fourth-order valence-corrected chi connectivity index (χ4v) is 4.16. The van der Waals surface area contributed by atoms with E-state index in [1.54, 1.807) is 0 Å². The van der Waals surface area contributed by atoms with Crippen LogP contribution < -0.4 is 5.32 Å². The van der Waals surface area contributed by atoms with Gasteiger partial charge in [-0.15, -0.1) is 0 Å². The van der Waals surface area contributed by atoms with Gasteiger partial charge in [0.15, 0.2) is 6.29 Å². The van der Waals surface area contributed by atoms with Gasteiger partial charge in [0, 0.05) is 13.2 Å². The van der Waals surface area contributed by atoms with Crippen molar-refractivity contribution in [1.82, 2.24) is 5.32 Å². The zero-order chi connectivity index (χ0) is 23.5. The molecule has 0 spiro atoms. The van der Waals surface area contributed by atoms with Gasteiger partial charge in [-0.25, -0.2) is 0 Å². The van der Waals surface area contributed by atoms with E-state index < -0.39 is 5.60 Å². The summed E-state index contributed by atoms with van der Waals surface area (Å²) in [5, 5.41) is 13.9. The molecule has 0 aromatic rings. The first kappa shape index (κ1) is 29.3. The highest BCUT2D eigenvalue weighted by Crippen LogP contribution is 2.19. The van der Waals surface area contributed by atoms with E-state index in [-0.39, 0.29) is 18.3 Å². The molecule has 0 aromatic carbocycles. The number of rotatable bonds is 20. The molecule has 0 amide bonds. The first-order chi connectivity index (χ1) is 15.5. The van der Waals surface area contributed by atoms with Crippen LogP contribution in [0.2, 0.25) is 0 Å². The van der Waals surface area contributed by atoms with Crippen LogP contribution in [0.1, 0.15) is 117 Å². The number of carbonyl (C=O) groups is 1. The molecule has 0 saturated carbocycles. The molecule has 3 atom stereocenters. The Balaban J connectivity index is 2.15. The molecule has 0 aromatic heterocycles. The quantitative estimate of drug-likeness (QED) is 0.186. The Morgan fingerprint density at radius 2 is 1.81 bits per heavy atom. The van der Waals surface area contributed by atoms with Gasteiger partial charge in [0.05, 0.1) is 12.2 Å². The maximum absolute atomic E-state index is 12.3. The topological polar surface area (TPSA) is 77.0 Å². The molecular formula is C26H51NO5. The summed E-state index contributed by atoms with van der Waals surface area (Å²) >= 11 is 0. The second kappa shape index (κ2) is 18.7. The summed E-state index contributed by atoms with van der Waals surface area (Å²) in [4.78, 5) is 12.3. The van der Waals surface area contributed by atoms with Crippen molar-refractivity contribution < 1.29 is 24.1 Å². The predicted molar refractivity (Wildman–Crippen MR) is 130 cm³/mol. The van der Waals surface area contributed by atoms with Crippen molar-refractivity contribution in [3.63, 3.8) is 0 Å². The molecule has 0 aliphatic carbocycles. The lowest BCUT2D eigenvalue weighted by Gasteiger charge is -2.25. The molecule has 1 heterocycles. The molecule has 0 bridgehead atoms. The highest BCUT2D eigenvalue weighted by molar-refractivity contribution is 5.75. The predicted octanol–water partition coefficient (Wildman–Crippen LogP) is 5.50. The van der Waals surface area contributed by atoms with Crippen LogP contribution in [0, 0.1) is 0 Å². The normalized spacial score (nSPS) is 19.4. The van der Waals surface area contributed by atoms with Crippen molar-refractivity contribution in [2.45, 2.75) is 135 Å². The number of hydrogen-bond donors (Lipinski definition) is 2. The molecule has 0 radical (unpaired) electrons. The van der Waals surface area contributed by atoms with Crippen LogP contribution in [0.4, 0.5) is 0 Å². The van der Waals surface area contributed by atoms with Crippen LogP contribution in [0.3, 0.4) is 0 Å². The maximum atomic E-state index is 12.3. The van der Waals surface area contributed by atoms with Crippen LogP contribution in [0.25, 0.3) is 0 Å². The molecule has 32 heavy (non-hydrogen) atoms. The number of ether oxygens (including phenoxy) is 3. The van der Waals surface area contributed by atoms with Crippen molar-refractivity contribution in [2.24, 2.45) is 0 Å². The number of hydrogen-bond acceptors (Lipinski definition) is 6. The smallest absolute Gasteiger partial charge is 0.323 e. The Morgan fingerprint density at radius 1 is 1.06 bits per heavy atom. The molecule has 6 nitrogen and oxygen atoms in total. The summed E-state index contributed by atoms with van der Waals surface area (Å²) in [7, 11) is 0. The summed E-state index contributed by atoms with van der Waals surface area (Å²) in [5.74, 6) is -0.170. The van der Waals surface area contributed by atoms with Crippen molar-refractivity contribution >= 4 is 5.97 Å². The number of esters is 1. The minimum absolute atomic E-state index is 0.0114. The van der Waals surface area contributed by atoms with Crippen molar-refractivity contribution in [1.29, 1.82) is 0 Å². The van der Waals surface area contributed by atoms with Gasteiger partial charge in [-0.3, -0.25) is 4.79 Å². The third-order valence-corrected chi connectivity index (χ3v) is 6.27. The molecule has 190 valence electrons. The fourth-order valence-electron chi connectivity index (χ4n) is 4.16. The third-order valence-electron chi connectivity index (χ3n) is 6.27. The van der Waals surface area contributed by atoms with Crippen molar-refractivity contribution in [2.75, 3.05) is 26.4 Å². The average molecular weight is 458 g/mol. The van der Waals surface area contributed by atoms with E-state index in [0.717, 1.165) is 77.4 Å². The lowest BCUT2D eigenvalue weighted by Crippen LogP contribution is -2.41. The van der Waals surface area contributed by atoms with E-state index in [1.165, 1.54) is 25.7 Å². The lowest BCUT2D eigenvalue weighted by atomic mass is 9.94. The largest absolute Gasteiger partial charge is 0.465 e. The molecule has 1 rings (SSSR count). The second-order valence-electron chi connectivity index (χ2n) is 9.54. The molecule has 1 saturated heterocycles. The summed E-state index contributed by atoms with van der Waals surface area (Å²) in [6.45, 7) is 8.58. The molecule has 2 N–H and O–H groups in total. The van der Waals surface area contributed by atoms with Gasteiger partial charge in [0.25, 0.3) is 0 Å². The SMILES string of the molecule is CCCCCCC(C)(O)CCNC(CCCCCCCOC1CCCCO1)C(=O)OCC. The Morgan fingerprint density at radius 3 is 2.53 bits per heavy atom. The lowest BCUT2D eigenvalue weighted by molar-refractivity contribution is -0.162. The number of aliphatic hydroxyl groups is 1. The molecule has 1 aliphatic rings. The van der Waals surface area contributed by atoms with E-state index >= 15 is 0 Å². The van der Waals surface area contributed by atoms with Gasteiger partial charge >= 0.3 is 5.97 Å². The minimum Gasteiger partial charge on any atom is -0.465 e. The molecule has 1 aliphatic heterocycles. The first-order valence-electron chi connectivity index (χ1n) is 13.3. The Labute approximate surface area is 197 Å². The highest BCUT2D eigenvalue weighted by Gasteiger charge is 2.23.